The summed E-state index contributed by atoms with van der Waals surface area (Å²) in [6, 6.07) is 6.18. The Balaban J connectivity index is 1.67. The first-order chi connectivity index (χ1) is 17.7. The number of fused-ring (bicyclic) bond motifs is 1. The zero-order chi connectivity index (χ0) is 26.9. The van der Waals surface area contributed by atoms with Gasteiger partial charge in [-0.05, 0) is 63.3 Å². The molecule has 1 spiro atoms. The van der Waals surface area contributed by atoms with E-state index >= 15 is 0 Å². The molecular formula is C28H42N4O5. The van der Waals surface area contributed by atoms with Gasteiger partial charge in [0.2, 0.25) is 17.7 Å². The van der Waals surface area contributed by atoms with Crippen LogP contribution in [-0.4, -0.2) is 77.8 Å². The van der Waals surface area contributed by atoms with Crippen LogP contribution in [0.1, 0.15) is 53.9 Å². The molecule has 204 valence electrons. The number of aliphatic hydroxyl groups is 1. The molecule has 4 rings (SSSR count). The summed E-state index contributed by atoms with van der Waals surface area (Å²) in [7, 11) is 0. The number of nitrogens with zero attached hydrogens (tertiary/aromatic N) is 2. The highest BCUT2D eigenvalue weighted by Gasteiger charge is 2.75. The second-order valence-electron chi connectivity index (χ2n) is 10.8. The summed E-state index contributed by atoms with van der Waals surface area (Å²) in [6.07, 6.45) is 1.55. The lowest BCUT2D eigenvalue weighted by Crippen LogP contribution is -2.57. The molecule has 3 aliphatic rings. The molecule has 37 heavy (non-hydrogen) atoms. The summed E-state index contributed by atoms with van der Waals surface area (Å²) in [5.74, 6) is -2.27. The van der Waals surface area contributed by atoms with E-state index in [-0.39, 0.29) is 36.4 Å². The van der Waals surface area contributed by atoms with Crippen molar-refractivity contribution in [3.63, 3.8) is 0 Å². The highest BCUT2D eigenvalue weighted by Crippen LogP contribution is 2.59. The van der Waals surface area contributed by atoms with Crippen molar-refractivity contribution < 1.29 is 24.2 Å². The summed E-state index contributed by atoms with van der Waals surface area (Å²) < 4.78 is 6.45. The average molecular weight is 515 g/mol. The molecule has 3 heterocycles. The maximum atomic E-state index is 14.0. The number of amides is 3. The van der Waals surface area contributed by atoms with Gasteiger partial charge in [-0.15, -0.1) is 0 Å². The number of hydrogen-bond donors (Lipinski definition) is 3. The lowest BCUT2D eigenvalue weighted by atomic mass is 9.70. The van der Waals surface area contributed by atoms with Gasteiger partial charge in [0, 0.05) is 31.0 Å². The largest absolute Gasteiger partial charge is 0.394 e. The van der Waals surface area contributed by atoms with Crippen molar-refractivity contribution in [1.29, 1.82) is 0 Å². The Morgan fingerprint density at radius 2 is 1.84 bits per heavy atom. The number of anilines is 2. The number of carbonyl (C=O) groups excluding carboxylic acids is 3. The summed E-state index contributed by atoms with van der Waals surface area (Å²) in [5.41, 5.74) is 0.616. The zero-order valence-corrected chi connectivity index (χ0v) is 22.7. The quantitative estimate of drug-likeness (QED) is 0.418. The molecule has 1 aromatic carbocycles. The Bertz CT molecular complexity index is 995. The molecule has 3 fully saturated rings. The fraction of sp³-hybridized carbons (Fsp3) is 0.679. The maximum absolute atomic E-state index is 14.0. The lowest BCUT2D eigenvalue weighted by Gasteiger charge is -2.38. The van der Waals surface area contributed by atoms with Crippen LogP contribution < -0.4 is 15.5 Å². The van der Waals surface area contributed by atoms with Crippen molar-refractivity contribution in [2.45, 2.75) is 77.7 Å². The van der Waals surface area contributed by atoms with E-state index in [4.69, 9.17) is 4.74 Å². The third-order valence-electron chi connectivity index (χ3n) is 8.42. The van der Waals surface area contributed by atoms with Crippen molar-refractivity contribution in [3.05, 3.63) is 24.3 Å². The Hall–Kier alpha value is -2.65. The monoisotopic (exact) mass is 514 g/mol. The Kier molecular flexibility index (Phi) is 8.14. The molecule has 1 aromatic rings. The summed E-state index contributed by atoms with van der Waals surface area (Å²) in [5, 5.41) is 16.2. The Morgan fingerprint density at radius 3 is 2.41 bits per heavy atom. The van der Waals surface area contributed by atoms with Crippen molar-refractivity contribution in [2.75, 3.05) is 36.5 Å². The third kappa shape index (κ3) is 4.61. The zero-order valence-electron chi connectivity index (χ0n) is 22.7. The first-order valence-corrected chi connectivity index (χ1v) is 13.8. The molecule has 9 heteroatoms. The van der Waals surface area contributed by atoms with Crippen LogP contribution >= 0.6 is 0 Å². The van der Waals surface area contributed by atoms with Crippen LogP contribution in [0.2, 0.25) is 0 Å². The van der Waals surface area contributed by atoms with Crippen LogP contribution in [0.25, 0.3) is 0 Å². The average Bonchev–Trinajstić information content (AvgIpc) is 3.52. The second kappa shape index (κ2) is 11.0. The Morgan fingerprint density at radius 1 is 1.16 bits per heavy atom. The lowest BCUT2D eigenvalue weighted by molar-refractivity contribution is -0.145. The van der Waals surface area contributed by atoms with Gasteiger partial charge in [-0.2, -0.15) is 0 Å². The topological polar surface area (TPSA) is 111 Å². The van der Waals surface area contributed by atoms with Crippen molar-refractivity contribution in [1.82, 2.24) is 10.2 Å². The molecule has 3 amide bonds. The highest BCUT2D eigenvalue weighted by molar-refractivity contribution is 6.03. The summed E-state index contributed by atoms with van der Waals surface area (Å²) >= 11 is 0. The molecule has 3 aliphatic heterocycles. The first kappa shape index (κ1) is 27.4. The molecule has 0 radical (unpaired) electrons. The van der Waals surface area contributed by atoms with Gasteiger partial charge in [0.25, 0.3) is 0 Å². The van der Waals surface area contributed by atoms with Gasteiger partial charge in [-0.25, -0.2) is 0 Å². The van der Waals surface area contributed by atoms with Gasteiger partial charge in [0.05, 0.1) is 30.6 Å². The van der Waals surface area contributed by atoms with E-state index in [9.17, 15) is 19.5 Å². The van der Waals surface area contributed by atoms with E-state index in [0.29, 0.717) is 25.1 Å². The molecule has 2 bridgehead atoms. The van der Waals surface area contributed by atoms with Gasteiger partial charge >= 0.3 is 0 Å². The van der Waals surface area contributed by atoms with Crippen molar-refractivity contribution >= 4 is 29.1 Å². The van der Waals surface area contributed by atoms with Gasteiger partial charge in [0.15, 0.2) is 0 Å². The SMILES string of the molecule is CCCNC(=O)[C@@H]1[C@H]2C(=O)N([C@@H](CO)C(C)C)C(C(=O)Nc3ccc(N(CC)CC)cc3)C23CC[C@H]1O3. The molecule has 9 nitrogen and oxygen atoms in total. The van der Waals surface area contributed by atoms with E-state index < -0.39 is 29.5 Å². The van der Waals surface area contributed by atoms with Crippen molar-refractivity contribution in [3.8, 4) is 0 Å². The van der Waals surface area contributed by atoms with E-state index in [0.717, 1.165) is 25.2 Å². The molecule has 0 aromatic heterocycles. The standard InChI is InChI=1S/C28H42N4O5/c1-6-15-29-25(34)22-21-13-14-28(37-21)23(22)27(36)32(20(16-33)17(4)5)24(28)26(35)30-18-9-11-19(12-10-18)31(7-2)8-3/h9-12,17,20-24,33H,6-8,13-16H2,1-5H3,(H,29,34)(H,30,35)/t20-,21+,22-,23-,24?,28?/m0/s1. The van der Waals surface area contributed by atoms with Gasteiger partial charge in [-0.1, -0.05) is 20.8 Å². The van der Waals surface area contributed by atoms with Gasteiger partial charge < -0.3 is 30.3 Å². The number of nitrogens with one attached hydrogen (secondary N) is 2. The first-order valence-electron chi connectivity index (χ1n) is 13.8. The molecule has 3 N–H and O–H groups in total. The molecule has 0 saturated carbocycles. The minimum atomic E-state index is -1.08. The number of ether oxygens (including phenoxy) is 1. The van der Waals surface area contributed by atoms with Crippen LogP contribution in [0.5, 0.6) is 0 Å². The molecule has 2 unspecified atom stereocenters. The minimum Gasteiger partial charge on any atom is -0.394 e. The number of benzene rings is 1. The normalized spacial score (nSPS) is 28.9. The van der Waals surface area contributed by atoms with Crippen molar-refractivity contribution in [2.24, 2.45) is 17.8 Å². The van der Waals surface area contributed by atoms with Gasteiger partial charge in [0.1, 0.15) is 11.6 Å². The van der Waals surface area contributed by atoms with Crippen LogP contribution in [-0.2, 0) is 19.1 Å². The van der Waals surface area contributed by atoms with E-state index in [2.05, 4.69) is 29.4 Å². The van der Waals surface area contributed by atoms with Crippen LogP contribution in [0.15, 0.2) is 24.3 Å². The summed E-state index contributed by atoms with van der Waals surface area (Å²) in [6.45, 7) is 12.0. The van der Waals surface area contributed by atoms with E-state index in [1.54, 1.807) is 0 Å². The number of carbonyl (C=O) groups is 3. The predicted octanol–water partition coefficient (Wildman–Crippen LogP) is 2.39. The highest BCUT2D eigenvalue weighted by atomic mass is 16.5. The number of hydrogen-bond acceptors (Lipinski definition) is 6. The molecular weight excluding hydrogens is 472 g/mol. The smallest absolute Gasteiger partial charge is 0.250 e. The van der Waals surface area contributed by atoms with Crippen LogP contribution in [0.3, 0.4) is 0 Å². The van der Waals surface area contributed by atoms with E-state index in [1.807, 2.05) is 45.0 Å². The number of aliphatic hydroxyl groups excluding tert-OH is 1. The Labute approximate surface area is 219 Å². The van der Waals surface area contributed by atoms with Crippen LogP contribution in [0, 0.1) is 17.8 Å². The predicted molar refractivity (Wildman–Crippen MR) is 142 cm³/mol. The van der Waals surface area contributed by atoms with E-state index in [1.165, 1.54) is 4.90 Å². The summed E-state index contributed by atoms with van der Waals surface area (Å²) in [4.78, 5) is 44.8. The third-order valence-corrected chi connectivity index (χ3v) is 8.42. The number of rotatable bonds is 11. The number of likely N-dealkylation sites (tertiary alicyclic amines) is 1. The molecule has 3 saturated heterocycles. The van der Waals surface area contributed by atoms with Crippen LogP contribution in [0.4, 0.5) is 11.4 Å². The maximum Gasteiger partial charge on any atom is 0.250 e. The van der Waals surface area contributed by atoms with Gasteiger partial charge in [-0.3, -0.25) is 14.4 Å². The minimum absolute atomic E-state index is 0.0857. The fourth-order valence-corrected chi connectivity index (χ4v) is 6.59. The molecule has 6 atom stereocenters. The second-order valence-corrected chi connectivity index (χ2v) is 10.8. The molecule has 0 aliphatic carbocycles. The fourth-order valence-electron chi connectivity index (χ4n) is 6.59.